The number of epoxide rings is 1. The van der Waals surface area contributed by atoms with Gasteiger partial charge < -0.3 is 19.7 Å². The molecule has 0 amide bonds. The molecule has 0 bridgehead atoms. The predicted molar refractivity (Wildman–Crippen MR) is 136 cm³/mol. The Morgan fingerprint density at radius 1 is 1.19 bits per heavy atom. The van der Waals surface area contributed by atoms with Gasteiger partial charge in [-0.1, -0.05) is 34.1 Å². The number of carbonyl (C=O) groups excluding carboxylic acids is 2. The minimum absolute atomic E-state index is 0.0687. The molecule has 0 saturated carbocycles. The number of esters is 1. The minimum atomic E-state index is -1.24. The molecule has 2 aliphatic rings. The molecule has 8 nitrogen and oxygen atoms in total. The first-order valence-corrected chi connectivity index (χ1v) is 13.0. The van der Waals surface area contributed by atoms with Gasteiger partial charge in [0.05, 0.1) is 41.4 Å². The summed E-state index contributed by atoms with van der Waals surface area (Å²) < 4.78 is 11.9. The van der Waals surface area contributed by atoms with E-state index < -0.39 is 35.6 Å². The van der Waals surface area contributed by atoms with Crippen molar-refractivity contribution in [3.05, 3.63) is 29.4 Å². The van der Waals surface area contributed by atoms with Crippen molar-refractivity contribution >= 4 is 17.8 Å². The average molecular weight is 503 g/mol. The molecule has 2 saturated heterocycles. The molecular formula is C28H42N2O6. The summed E-state index contributed by atoms with van der Waals surface area (Å²) in [6.07, 6.45) is 3.45. The topological polar surface area (TPSA) is 122 Å². The van der Waals surface area contributed by atoms with Crippen molar-refractivity contribution < 1.29 is 29.3 Å². The molecule has 1 aromatic heterocycles. The summed E-state index contributed by atoms with van der Waals surface area (Å²) in [6, 6.07) is 1.79. The van der Waals surface area contributed by atoms with E-state index >= 15 is 0 Å². The van der Waals surface area contributed by atoms with Crippen LogP contribution in [0.4, 0.5) is 0 Å². The van der Waals surface area contributed by atoms with Gasteiger partial charge in [-0.25, -0.2) is 9.97 Å². The fraction of sp³-hybridized carbons (Fsp3) is 0.714. The first-order valence-electron chi connectivity index (χ1n) is 13.0. The number of nitrogens with zero attached hydrogens (tertiary/aromatic N) is 2. The van der Waals surface area contributed by atoms with Gasteiger partial charge in [0.2, 0.25) is 0 Å². The molecule has 2 aliphatic heterocycles. The third kappa shape index (κ3) is 6.58. The van der Waals surface area contributed by atoms with Crippen molar-refractivity contribution in [1.82, 2.24) is 9.97 Å². The number of Topliss-reactive ketones (excluding diaryl/α,β-unsaturated/α-hetero) is 1. The summed E-state index contributed by atoms with van der Waals surface area (Å²) in [6.45, 7) is 12.6. The number of hydrogen-bond acceptors (Lipinski definition) is 8. The lowest BCUT2D eigenvalue weighted by Crippen LogP contribution is -2.45. The van der Waals surface area contributed by atoms with Crippen molar-refractivity contribution in [3.8, 4) is 0 Å². The van der Waals surface area contributed by atoms with E-state index in [-0.39, 0.29) is 29.8 Å². The Balaban J connectivity index is 1.87. The highest BCUT2D eigenvalue weighted by Gasteiger charge is 2.53. The van der Waals surface area contributed by atoms with Crippen LogP contribution in [-0.2, 0) is 19.1 Å². The van der Waals surface area contributed by atoms with E-state index in [9.17, 15) is 19.8 Å². The summed E-state index contributed by atoms with van der Waals surface area (Å²) >= 11 is 0. The average Bonchev–Trinajstić information content (AvgIpc) is 3.44. The molecule has 0 aromatic carbocycles. The number of carbonyl (C=O) groups is 2. The van der Waals surface area contributed by atoms with Gasteiger partial charge >= 0.3 is 5.97 Å². The molecule has 0 aliphatic carbocycles. The standard InChI is InChI=1S/C28H42N2O6/c1-16-9-8-11-28(7)23(36-28)14-21(17(2)13-20-10-12-29-19(4)30-20)35-24(32)15-22(31)27(5,6)26(34)18(3)25(16)33/h10,12-13,16,18,21-23,25,31,33H,8-9,11,14-15H2,1-7H3/b17-13+/t16-,18+,21-,22-,23-,25-,28+/m0/s1. The van der Waals surface area contributed by atoms with Crippen molar-refractivity contribution in [2.75, 3.05) is 0 Å². The first kappa shape index (κ1) is 28.4. The molecule has 0 unspecified atom stereocenters. The summed E-state index contributed by atoms with van der Waals surface area (Å²) in [4.78, 5) is 34.7. The van der Waals surface area contributed by atoms with Gasteiger partial charge in [0.25, 0.3) is 0 Å². The van der Waals surface area contributed by atoms with Crippen LogP contribution >= 0.6 is 0 Å². The number of aliphatic hydroxyl groups excluding tert-OH is 2. The van der Waals surface area contributed by atoms with E-state index in [1.54, 1.807) is 33.0 Å². The maximum Gasteiger partial charge on any atom is 0.309 e. The number of ether oxygens (including phenoxy) is 2. The number of aliphatic hydroxyl groups is 2. The molecule has 7 atom stereocenters. The van der Waals surface area contributed by atoms with Crippen LogP contribution < -0.4 is 0 Å². The first-order chi connectivity index (χ1) is 16.7. The normalized spacial score (nSPS) is 36.6. The zero-order valence-electron chi connectivity index (χ0n) is 22.7. The minimum Gasteiger partial charge on any atom is -0.458 e. The fourth-order valence-electron chi connectivity index (χ4n) is 5.18. The highest BCUT2D eigenvalue weighted by molar-refractivity contribution is 5.88. The van der Waals surface area contributed by atoms with Crippen molar-refractivity contribution in [3.63, 3.8) is 0 Å². The second-order valence-electron chi connectivity index (χ2n) is 11.5. The number of aryl methyl sites for hydroxylation is 1. The number of hydrogen-bond donors (Lipinski definition) is 2. The summed E-state index contributed by atoms with van der Waals surface area (Å²) in [5.41, 5.74) is 0.000503. The van der Waals surface area contributed by atoms with Crippen molar-refractivity contribution in [2.24, 2.45) is 17.3 Å². The monoisotopic (exact) mass is 502 g/mol. The molecule has 200 valence electrons. The zero-order valence-corrected chi connectivity index (χ0v) is 22.7. The van der Waals surface area contributed by atoms with Gasteiger partial charge in [-0.2, -0.15) is 0 Å². The van der Waals surface area contributed by atoms with Crippen LogP contribution in [-0.4, -0.2) is 62.0 Å². The van der Waals surface area contributed by atoms with E-state index in [2.05, 4.69) is 16.9 Å². The van der Waals surface area contributed by atoms with Gasteiger partial charge in [-0.3, -0.25) is 9.59 Å². The smallest absolute Gasteiger partial charge is 0.309 e. The lowest BCUT2D eigenvalue weighted by atomic mass is 9.73. The van der Waals surface area contributed by atoms with Crippen LogP contribution in [0.2, 0.25) is 0 Å². The quantitative estimate of drug-likeness (QED) is 0.462. The van der Waals surface area contributed by atoms with Crippen molar-refractivity contribution in [1.29, 1.82) is 0 Å². The van der Waals surface area contributed by atoms with Gasteiger partial charge in [-0.15, -0.1) is 0 Å². The van der Waals surface area contributed by atoms with Crippen LogP contribution in [0.25, 0.3) is 6.08 Å². The van der Waals surface area contributed by atoms with Crippen LogP contribution in [0.3, 0.4) is 0 Å². The largest absolute Gasteiger partial charge is 0.458 e. The molecule has 3 heterocycles. The molecule has 2 N–H and O–H groups in total. The van der Waals surface area contributed by atoms with Crippen LogP contribution in [0, 0.1) is 24.2 Å². The Bertz CT molecular complexity index is 992. The Labute approximate surface area is 214 Å². The van der Waals surface area contributed by atoms with Crippen LogP contribution in [0.5, 0.6) is 0 Å². The predicted octanol–water partition coefficient (Wildman–Crippen LogP) is 3.81. The van der Waals surface area contributed by atoms with E-state index in [4.69, 9.17) is 9.47 Å². The van der Waals surface area contributed by atoms with Gasteiger partial charge in [0.15, 0.2) is 0 Å². The number of ketones is 1. The second-order valence-corrected chi connectivity index (χ2v) is 11.5. The fourth-order valence-corrected chi connectivity index (χ4v) is 5.18. The third-order valence-corrected chi connectivity index (χ3v) is 8.09. The van der Waals surface area contributed by atoms with Crippen LogP contribution in [0.15, 0.2) is 17.8 Å². The third-order valence-electron chi connectivity index (χ3n) is 8.09. The molecular weight excluding hydrogens is 460 g/mol. The molecule has 1 aromatic rings. The number of aromatic nitrogens is 2. The molecule has 2 fully saturated rings. The van der Waals surface area contributed by atoms with Crippen molar-refractivity contribution in [2.45, 2.75) is 111 Å². The van der Waals surface area contributed by atoms with E-state index in [0.717, 1.165) is 30.5 Å². The molecule has 0 spiro atoms. The number of cyclic esters (lactones) is 1. The lowest BCUT2D eigenvalue weighted by molar-refractivity contribution is -0.154. The SMILES string of the molecule is C/C(=C\c1ccnc(C)n1)[C@@H]1C[C@@H]2O[C@]2(C)CCC[C@H](C)[C@H](O)[C@@H](C)C(=O)C(C)(C)[C@@H](O)CC(=O)O1. The Kier molecular flexibility index (Phi) is 8.74. The van der Waals surface area contributed by atoms with E-state index in [1.165, 1.54) is 0 Å². The van der Waals surface area contributed by atoms with E-state index in [1.807, 2.05) is 26.8 Å². The molecule has 8 heteroatoms. The Morgan fingerprint density at radius 3 is 2.56 bits per heavy atom. The summed E-state index contributed by atoms with van der Waals surface area (Å²) in [5.74, 6) is -0.948. The zero-order chi connectivity index (χ0) is 26.8. The highest BCUT2D eigenvalue weighted by atomic mass is 16.6. The maximum atomic E-state index is 13.2. The van der Waals surface area contributed by atoms with Gasteiger partial charge in [0, 0.05) is 18.5 Å². The van der Waals surface area contributed by atoms with E-state index in [0.29, 0.717) is 12.2 Å². The summed E-state index contributed by atoms with van der Waals surface area (Å²) in [5, 5.41) is 21.7. The summed E-state index contributed by atoms with van der Waals surface area (Å²) in [7, 11) is 0. The second kappa shape index (κ2) is 11.1. The highest BCUT2D eigenvalue weighted by Crippen LogP contribution is 2.45. The number of rotatable bonds is 2. The number of fused-ring (bicyclic) bond motifs is 1. The molecule has 36 heavy (non-hydrogen) atoms. The Morgan fingerprint density at radius 2 is 1.89 bits per heavy atom. The Hall–Kier alpha value is -2.16. The lowest BCUT2D eigenvalue weighted by Gasteiger charge is -2.34. The van der Waals surface area contributed by atoms with Crippen LogP contribution in [0.1, 0.15) is 85.2 Å². The van der Waals surface area contributed by atoms with Gasteiger partial charge in [-0.05, 0) is 57.2 Å². The molecule has 3 rings (SSSR count). The van der Waals surface area contributed by atoms with Gasteiger partial charge in [0.1, 0.15) is 17.7 Å². The maximum absolute atomic E-state index is 13.2. The molecule has 0 radical (unpaired) electrons.